The van der Waals surface area contributed by atoms with Gasteiger partial charge in [-0.1, -0.05) is 75.8 Å². The molecule has 1 aromatic carbocycles. The largest absolute Gasteiger partial charge is 0.355 e. The van der Waals surface area contributed by atoms with Crippen LogP contribution in [0.1, 0.15) is 69.7 Å². The second-order valence-corrected chi connectivity index (χ2v) is 9.44. The molecule has 1 aromatic heterocycles. The lowest BCUT2D eigenvalue weighted by Crippen LogP contribution is -2.48. The molecule has 0 spiro atoms. The van der Waals surface area contributed by atoms with Gasteiger partial charge in [-0.25, -0.2) is 4.98 Å². The Bertz CT molecular complexity index is 774. The minimum absolute atomic E-state index is 0.206. The number of anilines is 1. The van der Waals surface area contributed by atoms with Crippen molar-refractivity contribution >= 4 is 22.6 Å². The van der Waals surface area contributed by atoms with Crippen LogP contribution in [0.5, 0.6) is 0 Å². The molecule has 176 valence electrons. The van der Waals surface area contributed by atoms with E-state index in [9.17, 15) is 4.79 Å². The maximum atomic E-state index is 12.0. The van der Waals surface area contributed by atoms with Crippen molar-refractivity contribution in [2.24, 2.45) is 0 Å². The Morgan fingerprint density at radius 2 is 1.72 bits per heavy atom. The molecule has 3 rings (SSSR count). The predicted octanol–water partition coefficient (Wildman–Crippen LogP) is 4.51. The van der Waals surface area contributed by atoms with E-state index in [1.807, 2.05) is 6.07 Å². The summed E-state index contributed by atoms with van der Waals surface area (Å²) in [4.78, 5) is 21.6. The summed E-state index contributed by atoms with van der Waals surface area (Å²) in [5, 5.41) is 4.12. The number of aromatic nitrogens is 2. The molecule has 0 aliphatic carbocycles. The lowest BCUT2D eigenvalue weighted by atomic mass is 10.1. The van der Waals surface area contributed by atoms with Gasteiger partial charge in [0, 0.05) is 63.6 Å². The van der Waals surface area contributed by atoms with Crippen LogP contribution in [-0.2, 0) is 11.2 Å². The zero-order chi connectivity index (χ0) is 22.4. The van der Waals surface area contributed by atoms with E-state index in [1.165, 1.54) is 55.6 Å². The van der Waals surface area contributed by atoms with Crippen molar-refractivity contribution in [1.29, 1.82) is 0 Å². The van der Waals surface area contributed by atoms with Crippen molar-refractivity contribution in [2.75, 3.05) is 44.2 Å². The van der Waals surface area contributed by atoms with E-state index >= 15 is 0 Å². The summed E-state index contributed by atoms with van der Waals surface area (Å²) in [5.41, 5.74) is 1.25. The van der Waals surface area contributed by atoms with Crippen molar-refractivity contribution in [3.05, 3.63) is 41.7 Å². The minimum atomic E-state index is 0.206. The highest BCUT2D eigenvalue weighted by Crippen LogP contribution is 2.20. The molecule has 0 atom stereocenters. The van der Waals surface area contributed by atoms with Crippen LogP contribution in [0.2, 0.25) is 0 Å². The second kappa shape index (κ2) is 14.2. The van der Waals surface area contributed by atoms with Gasteiger partial charge in [-0.2, -0.15) is 4.37 Å². The van der Waals surface area contributed by atoms with Gasteiger partial charge < -0.3 is 10.2 Å². The molecule has 0 radical (unpaired) electrons. The Hall–Kier alpha value is -1.99. The lowest BCUT2D eigenvalue weighted by molar-refractivity contribution is -0.121. The van der Waals surface area contributed by atoms with E-state index in [2.05, 4.69) is 50.7 Å². The molecule has 1 amide bonds. The first-order chi connectivity index (χ1) is 15.7. The van der Waals surface area contributed by atoms with E-state index in [-0.39, 0.29) is 5.91 Å². The van der Waals surface area contributed by atoms with E-state index in [0.717, 1.165) is 63.1 Å². The number of nitrogens with one attached hydrogen (secondary N) is 1. The molecule has 0 bridgehead atoms. The normalized spacial score (nSPS) is 14.6. The molecule has 1 aliphatic heterocycles. The van der Waals surface area contributed by atoms with Crippen LogP contribution in [0.15, 0.2) is 30.3 Å². The highest BCUT2D eigenvalue weighted by Gasteiger charge is 2.20. The number of piperazine rings is 1. The first-order valence-corrected chi connectivity index (χ1v) is 13.1. The minimum Gasteiger partial charge on any atom is -0.355 e. The van der Waals surface area contributed by atoms with Crippen LogP contribution in [-0.4, -0.2) is 59.4 Å². The van der Waals surface area contributed by atoms with Gasteiger partial charge in [-0.05, 0) is 12.0 Å². The molecule has 2 heterocycles. The number of amides is 1. The SMILES string of the molecule is CCCCCCCCCC(=O)NCCN1CCN(c2nc(Cc3ccccc3)ns2)CC1. The molecule has 0 saturated carbocycles. The molecule has 1 fully saturated rings. The average molecular weight is 458 g/mol. The summed E-state index contributed by atoms with van der Waals surface area (Å²) in [6.07, 6.45) is 10.2. The Morgan fingerprint density at radius 3 is 2.47 bits per heavy atom. The fourth-order valence-corrected chi connectivity index (χ4v) is 4.81. The molecule has 7 heteroatoms. The third-order valence-electron chi connectivity index (χ3n) is 6.06. The molecular formula is C25H39N5OS. The average Bonchev–Trinajstić information content (AvgIpc) is 3.28. The standard InChI is InChI=1S/C25H39N5OS/c1-2-3-4-5-6-7-11-14-24(31)26-15-16-29-17-19-30(20-18-29)25-27-23(28-32-25)21-22-12-9-8-10-13-22/h8-10,12-13H,2-7,11,14-21H2,1H3,(H,26,31). The molecule has 1 aliphatic rings. The number of nitrogens with zero attached hydrogens (tertiary/aromatic N) is 4. The molecule has 1 N–H and O–H groups in total. The summed E-state index contributed by atoms with van der Waals surface area (Å²) in [7, 11) is 0. The van der Waals surface area contributed by atoms with Crippen LogP contribution in [0.25, 0.3) is 0 Å². The molecule has 0 unspecified atom stereocenters. The summed E-state index contributed by atoms with van der Waals surface area (Å²) in [6, 6.07) is 10.4. The Balaban J connectivity index is 1.25. The maximum absolute atomic E-state index is 12.0. The highest BCUT2D eigenvalue weighted by atomic mass is 32.1. The number of rotatable bonds is 14. The third kappa shape index (κ3) is 8.87. The molecule has 1 saturated heterocycles. The van der Waals surface area contributed by atoms with Gasteiger partial charge in [-0.15, -0.1) is 0 Å². The molecule has 6 nitrogen and oxygen atoms in total. The lowest BCUT2D eigenvalue weighted by Gasteiger charge is -2.34. The Kier molecular flexibility index (Phi) is 11.0. The van der Waals surface area contributed by atoms with E-state index in [1.54, 1.807) is 0 Å². The summed E-state index contributed by atoms with van der Waals surface area (Å²) < 4.78 is 4.55. The van der Waals surface area contributed by atoms with Crippen LogP contribution >= 0.6 is 11.5 Å². The molecule has 32 heavy (non-hydrogen) atoms. The van der Waals surface area contributed by atoms with Gasteiger partial charge in [0.2, 0.25) is 11.0 Å². The maximum Gasteiger partial charge on any atom is 0.220 e. The molecular weight excluding hydrogens is 418 g/mol. The first kappa shape index (κ1) is 24.6. The van der Waals surface area contributed by atoms with Gasteiger partial charge in [-0.3, -0.25) is 9.69 Å². The number of benzene rings is 1. The Labute approximate surface area is 197 Å². The fourth-order valence-electron chi connectivity index (χ4n) is 4.07. The third-order valence-corrected chi connectivity index (χ3v) is 6.88. The van der Waals surface area contributed by atoms with Gasteiger partial charge in [0.25, 0.3) is 0 Å². The van der Waals surface area contributed by atoms with Crippen molar-refractivity contribution in [1.82, 2.24) is 19.6 Å². The van der Waals surface area contributed by atoms with Gasteiger partial charge >= 0.3 is 0 Å². The number of carbonyl (C=O) groups is 1. The van der Waals surface area contributed by atoms with Gasteiger partial charge in [0.05, 0.1) is 0 Å². The number of hydrogen-bond donors (Lipinski definition) is 1. The van der Waals surface area contributed by atoms with Crippen molar-refractivity contribution in [3.63, 3.8) is 0 Å². The summed E-state index contributed by atoms with van der Waals surface area (Å²) in [6.45, 7) is 7.84. The Morgan fingerprint density at radius 1 is 1.00 bits per heavy atom. The monoisotopic (exact) mass is 457 g/mol. The highest BCUT2D eigenvalue weighted by molar-refractivity contribution is 7.09. The van der Waals surface area contributed by atoms with Crippen molar-refractivity contribution in [3.8, 4) is 0 Å². The van der Waals surface area contributed by atoms with E-state index < -0.39 is 0 Å². The van der Waals surface area contributed by atoms with Crippen molar-refractivity contribution < 1.29 is 4.79 Å². The topological polar surface area (TPSA) is 61.4 Å². The van der Waals surface area contributed by atoms with Crippen molar-refractivity contribution in [2.45, 2.75) is 64.7 Å². The smallest absolute Gasteiger partial charge is 0.220 e. The van der Waals surface area contributed by atoms with Gasteiger partial charge in [0.15, 0.2) is 0 Å². The van der Waals surface area contributed by atoms with E-state index in [4.69, 9.17) is 4.98 Å². The van der Waals surface area contributed by atoms with Crippen LogP contribution in [0, 0.1) is 0 Å². The summed E-state index contributed by atoms with van der Waals surface area (Å²) in [5.74, 6) is 1.11. The quantitative estimate of drug-likeness (QED) is 0.423. The van der Waals surface area contributed by atoms with E-state index in [0.29, 0.717) is 6.42 Å². The first-order valence-electron chi connectivity index (χ1n) is 12.3. The van der Waals surface area contributed by atoms with Crippen LogP contribution < -0.4 is 10.2 Å². The number of carbonyl (C=O) groups excluding carboxylic acids is 1. The number of unbranched alkanes of at least 4 members (excludes halogenated alkanes) is 6. The van der Waals surface area contributed by atoms with Crippen LogP contribution in [0.4, 0.5) is 5.13 Å². The predicted molar refractivity (Wildman–Crippen MR) is 133 cm³/mol. The van der Waals surface area contributed by atoms with Gasteiger partial charge in [0.1, 0.15) is 5.82 Å². The second-order valence-electron chi connectivity index (χ2n) is 8.71. The number of hydrogen-bond acceptors (Lipinski definition) is 6. The summed E-state index contributed by atoms with van der Waals surface area (Å²) >= 11 is 1.50. The fraction of sp³-hybridized carbons (Fsp3) is 0.640. The molecule has 2 aromatic rings. The van der Waals surface area contributed by atoms with Crippen LogP contribution in [0.3, 0.4) is 0 Å². The zero-order valence-corrected chi connectivity index (χ0v) is 20.4. The zero-order valence-electron chi connectivity index (χ0n) is 19.6.